The molecular formula is C60H104O6. The highest BCUT2D eigenvalue weighted by molar-refractivity contribution is 5.71. The van der Waals surface area contributed by atoms with Crippen LogP contribution in [0.15, 0.2) is 72.9 Å². The van der Waals surface area contributed by atoms with Crippen LogP contribution in [0.4, 0.5) is 0 Å². The highest BCUT2D eigenvalue weighted by Gasteiger charge is 2.19. The normalized spacial score (nSPS) is 12.6. The van der Waals surface area contributed by atoms with Gasteiger partial charge in [-0.1, -0.05) is 241 Å². The molecule has 0 N–H and O–H groups in total. The fraction of sp³-hybridized carbons (Fsp3) is 0.750. The van der Waals surface area contributed by atoms with E-state index in [0.29, 0.717) is 19.3 Å². The van der Waals surface area contributed by atoms with Gasteiger partial charge in [-0.3, -0.25) is 14.4 Å². The quantitative estimate of drug-likeness (QED) is 0.0262. The maximum Gasteiger partial charge on any atom is 0.306 e. The molecule has 0 aromatic rings. The van der Waals surface area contributed by atoms with Crippen LogP contribution in [0.25, 0.3) is 0 Å². The molecule has 0 amide bonds. The molecule has 0 heterocycles. The van der Waals surface area contributed by atoms with E-state index in [1.165, 1.54) is 148 Å². The second kappa shape index (κ2) is 54.5. The fourth-order valence-electron chi connectivity index (χ4n) is 7.77. The summed E-state index contributed by atoms with van der Waals surface area (Å²) < 4.78 is 16.8. The minimum atomic E-state index is -0.804. The number of hydrogen-bond acceptors (Lipinski definition) is 6. The van der Waals surface area contributed by atoms with Crippen molar-refractivity contribution in [2.45, 2.75) is 277 Å². The van der Waals surface area contributed by atoms with Gasteiger partial charge in [0, 0.05) is 19.3 Å². The van der Waals surface area contributed by atoms with Crippen LogP contribution in [0, 0.1) is 0 Å². The Morgan fingerprint density at radius 1 is 0.318 bits per heavy atom. The van der Waals surface area contributed by atoms with Gasteiger partial charge >= 0.3 is 17.9 Å². The summed E-state index contributed by atoms with van der Waals surface area (Å²) in [6, 6.07) is 0. The lowest BCUT2D eigenvalue weighted by Crippen LogP contribution is -2.30. The number of carbonyl (C=O) groups is 3. The lowest BCUT2D eigenvalue weighted by molar-refractivity contribution is -0.167. The first-order valence-corrected chi connectivity index (χ1v) is 27.9. The molecule has 0 rings (SSSR count). The van der Waals surface area contributed by atoms with Crippen molar-refractivity contribution in [3.05, 3.63) is 72.9 Å². The van der Waals surface area contributed by atoms with Gasteiger partial charge in [-0.25, -0.2) is 0 Å². The first-order chi connectivity index (χ1) is 32.5. The minimum Gasteiger partial charge on any atom is -0.462 e. The van der Waals surface area contributed by atoms with E-state index >= 15 is 0 Å². The van der Waals surface area contributed by atoms with Crippen LogP contribution < -0.4 is 0 Å². The van der Waals surface area contributed by atoms with Gasteiger partial charge < -0.3 is 14.2 Å². The van der Waals surface area contributed by atoms with Crippen LogP contribution in [0.3, 0.4) is 0 Å². The second-order valence-corrected chi connectivity index (χ2v) is 18.5. The standard InChI is InChI=1S/C60H104O6/c1-4-7-10-13-16-19-22-25-27-29-30-32-33-35-38-41-44-47-50-53-59(62)65-56-57(55-64-58(61)52-49-46-43-40-37-24-21-18-15-12-9-6-3)66-60(63)54-51-48-45-42-39-36-34-31-28-26-23-20-17-14-11-8-5-2/h8,11,17,20,25-28,34,36,42,45,57H,4-7,9-10,12-16,18-19,21-24,29-33,35,37-41,43-44,46-56H2,1-3H3/b11-8-,20-17-,27-25-,28-26-,36-34-,45-42-. The number of unbranched alkanes of at least 4 members (excludes halogenated alkanes) is 27. The third kappa shape index (κ3) is 51.8. The van der Waals surface area contributed by atoms with Gasteiger partial charge in [0.2, 0.25) is 0 Å². The summed E-state index contributed by atoms with van der Waals surface area (Å²) in [7, 11) is 0. The number of carbonyl (C=O) groups excluding carboxylic acids is 3. The molecule has 0 radical (unpaired) electrons. The van der Waals surface area contributed by atoms with E-state index in [1.54, 1.807) is 0 Å². The summed E-state index contributed by atoms with van der Waals surface area (Å²) >= 11 is 0. The van der Waals surface area contributed by atoms with Crippen molar-refractivity contribution in [2.24, 2.45) is 0 Å². The highest BCUT2D eigenvalue weighted by atomic mass is 16.6. The Hall–Kier alpha value is -3.15. The molecule has 0 aliphatic rings. The van der Waals surface area contributed by atoms with Crippen LogP contribution in [-0.4, -0.2) is 37.2 Å². The highest BCUT2D eigenvalue weighted by Crippen LogP contribution is 2.15. The Bertz CT molecular complexity index is 1240. The van der Waals surface area contributed by atoms with Crippen LogP contribution in [0.2, 0.25) is 0 Å². The maximum atomic E-state index is 12.8. The molecular weight excluding hydrogens is 817 g/mol. The van der Waals surface area contributed by atoms with Crippen LogP contribution >= 0.6 is 0 Å². The van der Waals surface area contributed by atoms with E-state index in [0.717, 1.165) is 77.0 Å². The van der Waals surface area contributed by atoms with Gasteiger partial charge in [0.15, 0.2) is 6.10 Å². The SMILES string of the molecule is CC/C=C\C/C=C\C/C=C\C/C=C\C/C=C\CCCC(=O)OC(COC(=O)CCCCCCCCCCC/C=C\CCCCCCCC)COC(=O)CCCCCCCCCCCCCC. The van der Waals surface area contributed by atoms with Gasteiger partial charge in [-0.15, -0.1) is 0 Å². The molecule has 6 nitrogen and oxygen atoms in total. The lowest BCUT2D eigenvalue weighted by atomic mass is 10.0. The Kier molecular flexibility index (Phi) is 51.9. The summed E-state index contributed by atoms with van der Waals surface area (Å²) in [5, 5.41) is 0. The van der Waals surface area contributed by atoms with Crippen molar-refractivity contribution in [1.82, 2.24) is 0 Å². The average molecular weight is 921 g/mol. The molecule has 1 atom stereocenters. The molecule has 0 saturated heterocycles. The number of esters is 3. The van der Waals surface area contributed by atoms with E-state index in [-0.39, 0.29) is 37.5 Å². The van der Waals surface area contributed by atoms with E-state index < -0.39 is 6.10 Å². The predicted molar refractivity (Wildman–Crippen MR) is 284 cm³/mol. The zero-order valence-corrected chi connectivity index (χ0v) is 43.4. The van der Waals surface area contributed by atoms with Gasteiger partial charge in [0.1, 0.15) is 13.2 Å². The smallest absolute Gasteiger partial charge is 0.306 e. The Balaban J connectivity index is 4.42. The fourth-order valence-corrected chi connectivity index (χ4v) is 7.77. The Labute approximate surface area is 408 Å². The molecule has 0 aliphatic heterocycles. The number of rotatable bonds is 50. The van der Waals surface area contributed by atoms with Gasteiger partial charge in [0.05, 0.1) is 0 Å². The van der Waals surface area contributed by atoms with E-state index in [9.17, 15) is 14.4 Å². The average Bonchev–Trinajstić information content (AvgIpc) is 3.31. The van der Waals surface area contributed by atoms with Crippen molar-refractivity contribution >= 4 is 17.9 Å². The molecule has 0 aromatic carbocycles. The monoisotopic (exact) mass is 921 g/mol. The van der Waals surface area contributed by atoms with Crippen molar-refractivity contribution < 1.29 is 28.6 Å². The number of ether oxygens (including phenoxy) is 3. The van der Waals surface area contributed by atoms with Gasteiger partial charge in [0.25, 0.3) is 0 Å². The van der Waals surface area contributed by atoms with Crippen molar-refractivity contribution in [3.8, 4) is 0 Å². The molecule has 0 saturated carbocycles. The zero-order valence-electron chi connectivity index (χ0n) is 43.4. The predicted octanol–water partition coefficient (Wildman–Crippen LogP) is 18.6. The molecule has 0 bridgehead atoms. The number of hydrogen-bond donors (Lipinski definition) is 0. The largest absolute Gasteiger partial charge is 0.462 e. The van der Waals surface area contributed by atoms with Crippen LogP contribution in [-0.2, 0) is 28.6 Å². The van der Waals surface area contributed by atoms with Crippen LogP contribution in [0.1, 0.15) is 271 Å². The summed E-state index contributed by atoms with van der Waals surface area (Å²) in [5.74, 6) is -0.951. The van der Waals surface area contributed by atoms with E-state index in [1.807, 2.05) is 0 Å². The lowest BCUT2D eigenvalue weighted by Gasteiger charge is -2.18. The molecule has 66 heavy (non-hydrogen) atoms. The molecule has 6 heteroatoms. The Morgan fingerprint density at radius 2 is 0.606 bits per heavy atom. The van der Waals surface area contributed by atoms with Crippen molar-refractivity contribution in [2.75, 3.05) is 13.2 Å². The second-order valence-electron chi connectivity index (χ2n) is 18.5. The van der Waals surface area contributed by atoms with Crippen molar-refractivity contribution in [1.29, 1.82) is 0 Å². The summed E-state index contributed by atoms with van der Waals surface area (Å²) in [6.45, 7) is 6.49. The van der Waals surface area contributed by atoms with E-state index in [4.69, 9.17) is 14.2 Å². The molecule has 0 aromatic heterocycles. The minimum absolute atomic E-state index is 0.0964. The van der Waals surface area contributed by atoms with Gasteiger partial charge in [-0.05, 0) is 83.5 Å². The Morgan fingerprint density at radius 3 is 0.985 bits per heavy atom. The summed E-state index contributed by atoms with van der Waals surface area (Å²) in [6.07, 6.45) is 69.0. The first-order valence-electron chi connectivity index (χ1n) is 27.9. The third-order valence-electron chi connectivity index (χ3n) is 11.9. The first kappa shape index (κ1) is 62.8. The van der Waals surface area contributed by atoms with Gasteiger partial charge in [-0.2, -0.15) is 0 Å². The molecule has 0 aliphatic carbocycles. The molecule has 1 unspecified atom stereocenters. The van der Waals surface area contributed by atoms with Crippen molar-refractivity contribution in [3.63, 3.8) is 0 Å². The molecule has 0 spiro atoms. The third-order valence-corrected chi connectivity index (χ3v) is 11.9. The zero-order chi connectivity index (χ0) is 47.9. The van der Waals surface area contributed by atoms with E-state index in [2.05, 4.69) is 93.7 Å². The summed E-state index contributed by atoms with van der Waals surface area (Å²) in [4.78, 5) is 38.1. The molecule has 380 valence electrons. The molecule has 0 fully saturated rings. The van der Waals surface area contributed by atoms with Crippen LogP contribution in [0.5, 0.6) is 0 Å². The topological polar surface area (TPSA) is 78.9 Å². The summed E-state index contributed by atoms with van der Waals surface area (Å²) in [5.41, 5.74) is 0. The maximum absolute atomic E-state index is 12.8. The number of allylic oxidation sites excluding steroid dienone is 12.